The van der Waals surface area contributed by atoms with Gasteiger partial charge in [0.2, 0.25) is 5.91 Å². The first-order valence-electron chi connectivity index (χ1n) is 6.17. The number of nitrogens with one attached hydrogen (secondary N) is 2. The van der Waals surface area contributed by atoms with Crippen molar-refractivity contribution in [1.29, 1.82) is 0 Å². The number of carbonyl (C=O) groups excluding carboxylic acids is 1. The third kappa shape index (κ3) is 3.24. The van der Waals surface area contributed by atoms with Gasteiger partial charge < -0.3 is 10.6 Å². The second kappa shape index (κ2) is 6.21. The van der Waals surface area contributed by atoms with Crippen molar-refractivity contribution in [3.8, 4) is 0 Å². The van der Waals surface area contributed by atoms with Crippen molar-refractivity contribution in [2.24, 2.45) is 11.8 Å². The predicted octanol–water partition coefficient (Wildman–Crippen LogP) is 2.52. The molecule has 1 amide bonds. The smallest absolute Gasteiger partial charge is 0.227 e. The topological polar surface area (TPSA) is 41.1 Å². The lowest BCUT2D eigenvalue weighted by molar-refractivity contribution is -0.121. The van der Waals surface area contributed by atoms with E-state index in [-0.39, 0.29) is 24.2 Å². The Bertz CT molecular complexity index is 430. The van der Waals surface area contributed by atoms with Crippen molar-refractivity contribution < 1.29 is 4.79 Å². The Labute approximate surface area is 115 Å². The van der Waals surface area contributed by atoms with Crippen LogP contribution in [0.2, 0.25) is 0 Å². The predicted molar refractivity (Wildman–Crippen MR) is 77.3 cm³/mol. The molecule has 1 unspecified atom stereocenters. The molecule has 3 nitrogen and oxygen atoms in total. The molecule has 18 heavy (non-hydrogen) atoms. The van der Waals surface area contributed by atoms with E-state index >= 15 is 0 Å². The molecular weight excluding hydrogens is 248 g/mol. The summed E-state index contributed by atoms with van der Waals surface area (Å²) >= 11 is 0. The average molecular weight is 269 g/mol. The first-order valence-corrected chi connectivity index (χ1v) is 6.17. The lowest BCUT2D eigenvalue weighted by Crippen LogP contribution is -2.48. The number of hydrogen-bond acceptors (Lipinski definition) is 2. The van der Waals surface area contributed by atoms with Crippen LogP contribution in [0.4, 0.5) is 5.69 Å². The summed E-state index contributed by atoms with van der Waals surface area (Å²) in [6.45, 7) is 7.98. The van der Waals surface area contributed by atoms with Crippen LogP contribution in [-0.2, 0) is 4.79 Å². The fourth-order valence-corrected chi connectivity index (χ4v) is 2.00. The van der Waals surface area contributed by atoms with Gasteiger partial charge in [-0.1, -0.05) is 19.1 Å². The summed E-state index contributed by atoms with van der Waals surface area (Å²) in [5, 5.41) is 6.23. The van der Waals surface area contributed by atoms with E-state index in [1.165, 1.54) is 5.56 Å². The maximum absolute atomic E-state index is 12.1. The highest BCUT2D eigenvalue weighted by Crippen LogP contribution is 2.21. The number of aryl methyl sites for hydroxylation is 2. The average Bonchev–Trinajstić information content (AvgIpc) is 2.21. The van der Waals surface area contributed by atoms with E-state index in [0.717, 1.165) is 24.3 Å². The zero-order valence-corrected chi connectivity index (χ0v) is 11.9. The first-order chi connectivity index (χ1) is 8.08. The van der Waals surface area contributed by atoms with Gasteiger partial charge in [0.15, 0.2) is 0 Å². The van der Waals surface area contributed by atoms with Crippen LogP contribution in [-0.4, -0.2) is 19.0 Å². The molecule has 1 aromatic carbocycles. The van der Waals surface area contributed by atoms with Gasteiger partial charge in [0.25, 0.3) is 0 Å². The largest absolute Gasteiger partial charge is 0.326 e. The lowest BCUT2D eigenvalue weighted by Gasteiger charge is -2.31. The standard InChI is InChI=1S/C14H20N2O.ClH/c1-9-4-5-10(2)13(6-9)16-14(17)11(3)12-7-15-8-12;/h4-6,11-12,15H,7-8H2,1-3H3,(H,16,17);1H. The van der Waals surface area contributed by atoms with E-state index in [1.54, 1.807) is 0 Å². The monoisotopic (exact) mass is 268 g/mol. The minimum atomic E-state index is 0. The van der Waals surface area contributed by atoms with Gasteiger partial charge in [0.05, 0.1) is 0 Å². The van der Waals surface area contributed by atoms with E-state index in [0.29, 0.717) is 5.92 Å². The fraction of sp³-hybridized carbons (Fsp3) is 0.500. The van der Waals surface area contributed by atoms with Crippen LogP contribution >= 0.6 is 12.4 Å². The quantitative estimate of drug-likeness (QED) is 0.885. The Hall–Kier alpha value is -1.06. The van der Waals surface area contributed by atoms with Crippen LogP contribution in [0.1, 0.15) is 18.1 Å². The van der Waals surface area contributed by atoms with E-state index in [4.69, 9.17) is 0 Å². The highest BCUT2D eigenvalue weighted by Gasteiger charge is 2.28. The molecule has 1 atom stereocenters. The van der Waals surface area contributed by atoms with E-state index in [9.17, 15) is 4.79 Å². The van der Waals surface area contributed by atoms with Crippen LogP contribution < -0.4 is 10.6 Å². The molecule has 100 valence electrons. The van der Waals surface area contributed by atoms with E-state index < -0.39 is 0 Å². The number of benzene rings is 1. The normalized spacial score (nSPS) is 16.4. The summed E-state index contributed by atoms with van der Waals surface area (Å²) in [6.07, 6.45) is 0. The molecule has 2 N–H and O–H groups in total. The van der Waals surface area contributed by atoms with Gasteiger partial charge >= 0.3 is 0 Å². The maximum Gasteiger partial charge on any atom is 0.227 e. The summed E-state index contributed by atoms with van der Waals surface area (Å²) in [4.78, 5) is 12.1. The van der Waals surface area contributed by atoms with Crippen molar-refractivity contribution in [3.63, 3.8) is 0 Å². The van der Waals surface area contributed by atoms with Crippen molar-refractivity contribution in [2.75, 3.05) is 18.4 Å². The lowest BCUT2D eigenvalue weighted by atomic mass is 9.88. The summed E-state index contributed by atoms with van der Waals surface area (Å²) in [5.41, 5.74) is 3.22. The molecule has 4 heteroatoms. The Balaban J connectivity index is 0.00000162. The van der Waals surface area contributed by atoms with Gasteiger partial charge in [0.1, 0.15) is 0 Å². The Morgan fingerprint density at radius 3 is 2.61 bits per heavy atom. The molecule has 1 aliphatic heterocycles. The number of hydrogen-bond donors (Lipinski definition) is 2. The Morgan fingerprint density at radius 1 is 1.39 bits per heavy atom. The summed E-state index contributed by atoms with van der Waals surface area (Å²) in [5.74, 6) is 0.696. The molecule has 0 spiro atoms. The third-order valence-corrected chi connectivity index (χ3v) is 3.58. The number of rotatable bonds is 3. The van der Waals surface area contributed by atoms with Crippen LogP contribution in [0.15, 0.2) is 18.2 Å². The summed E-state index contributed by atoms with van der Waals surface area (Å²) < 4.78 is 0. The maximum atomic E-state index is 12.1. The summed E-state index contributed by atoms with van der Waals surface area (Å²) in [6, 6.07) is 6.13. The molecule has 0 bridgehead atoms. The van der Waals surface area contributed by atoms with Crippen LogP contribution in [0.3, 0.4) is 0 Å². The third-order valence-electron chi connectivity index (χ3n) is 3.58. The number of amides is 1. The van der Waals surface area contributed by atoms with Crippen molar-refractivity contribution in [2.45, 2.75) is 20.8 Å². The highest BCUT2D eigenvalue weighted by molar-refractivity contribution is 5.93. The molecule has 2 rings (SSSR count). The Kier molecular flexibility index (Phi) is 5.17. The zero-order valence-electron chi connectivity index (χ0n) is 11.1. The molecule has 1 heterocycles. The summed E-state index contributed by atoms with van der Waals surface area (Å²) in [7, 11) is 0. The van der Waals surface area contributed by atoms with Crippen LogP contribution in [0.25, 0.3) is 0 Å². The van der Waals surface area contributed by atoms with Gasteiger partial charge in [-0.05, 0) is 50.0 Å². The van der Waals surface area contributed by atoms with Crippen LogP contribution in [0.5, 0.6) is 0 Å². The molecule has 1 aromatic rings. The molecular formula is C14H21ClN2O. The molecule has 1 aliphatic rings. The van der Waals surface area contributed by atoms with Gasteiger partial charge in [-0.25, -0.2) is 0 Å². The molecule has 1 saturated heterocycles. The van der Waals surface area contributed by atoms with Crippen LogP contribution in [0, 0.1) is 25.7 Å². The number of halogens is 1. The molecule has 0 aliphatic carbocycles. The van der Waals surface area contributed by atoms with Gasteiger partial charge in [-0.2, -0.15) is 0 Å². The first kappa shape index (κ1) is 15.0. The zero-order chi connectivity index (χ0) is 12.4. The highest BCUT2D eigenvalue weighted by atomic mass is 35.5. The minimum Gasteiger partial charge on any atom is -0.326 e. The van der Waals surface area contributed by atoms with E-state index in [2.05, 4.69) is 16.7 Å². The van der Waals surface area contributed by atoms with Crippen molar-refractivity contribution >= 4 is 24.0 Å². The molecule has 0 aromatic heterocycles. The number of anilines is 1. The second-order valence-corrected chi connectivity index (χ2v) is 5.01. The van der Waals surface area contributed by atoms with Gasteiger partial charge in [0, 0.05) is 11.6 Å². The fourth-order valence-electron chi connectivity index (χ4n) is 2.00. The molecule has 0 radical (unpaired) electrons. The van der Waals surface area contributed by atoms with Crippen molar-refractivity contribution in [1.82, 2.24) is 5.32 Å². The molecule has 1 fully saturated rings. The Morgan fingerprint density at radius 2 is 2.06 bits per heavy atom. The number of carbonyl (C=O) groups is 1. The molecule has 0 saturated carbocycles. The second-order valence-electron chi connectivity index (χ2n) is 5.01. The van der Waals surface area contributed by atoms with E-state index in [1.807, 2.05) is 32.9 Å². The van der Waals surface area contributed by atoms with Gasteiger partial charge in [-0.3, -0.25) is 4.79 Å². The van der Waals surface area contributed by atoms with Gasteiger partial charge in [-0.15, -0.1) is 12.4 Å². The minimum absolute atomic E-state index is 0. The van der Waals surface area contributed by atoms with Crippen molar-refractivity contribution in [3.05, 3.63) is 29.3 Å². The SMILES string of the molecule is Cc1ccc(C)c(NC(=O)C(C)C2CNC2)c1.Cl.